The third kappa shape index (κ3) is 6.07. The van der Waals surface area contributed by atoms with E-state index in [4.69, 9.17) is 23.2 Å². The van der Waals surface area contributed by atoms with Gasteiger partial charge in [0.1, 0.15) is 29.1 Å². The summed E-state index contributed by atoms with van der Waals surface area (Å²) < 4.78 is 37.7. The molecule has 1 saturated heterocycles. The molecule has 2 N–H and O–H groups in total. The summed E-state index contributed by atoms with van der Waals surface area (Å²) in [6.07, 6.45) is 0. The number of carbonyl (C=O) groups excluding carboxylic acids is 4. The van der Waals surface area contributed by atoms with E-state index in [1.807, 2.05) is 0 Å². The molecule has 1 fully saturated rings. The van der Waals surface area contributed by atoms with Crippen LogP contribution in [0.25, 0.3) is 0 Å². The van der Waals surface area contributed by atoms with Crippen LogP contribution in [0.3, 0.4) is 0 Å². The molecule has 0 bridgehead atoms. The minimum absolute atomic E-state index is 0. The quantitative estimate of drug-likeness (QED) is 0.0619. The van der Waals surface area contributed by atoms with Gasteiger partial charge in [-0.2, -0.15) is 0 Å². The molecule has 3 amide bonds. The summed E-state index contributed by atoms with van der Waals surface area (Å²) in [4.78, 5) is 56.4. The molecule has 1 aliphatic heterocycles. The second kappa shape index (κ2) is 11.6. The molecular formula is C13H12Cl2N5NaO9S2. The summed E-state index contributed by atoms with van der Waals surface area (Å²) in [5.74, 6) is -4.75. The van der Waals surface area contributed by atoms with Crippen LogP contribution >= 0.6 is 34.5 Å². The van der Waals surface area contributed by atoms with Crippen LogP contribution in [0.1, 0.15) is 5.69 Å². The van der Waals surface area contributed by atoms with Crippen molar-refractivity contribution in [3.63, 3.8) is 0 Å². The number of methoxy groups -OCH3 is 1. The molecule has 0 aromatic carbocycles. The maximum atomic E-state index is 12.7. The van der Waals surface area contributed by atoms with Gasteiger partial charge in [-0.15, -0.1) is 11.6 Å². The Morgan fingerprint density at radius 3 is 2.47 bits per heavy atom. The van der Waals surface area contributed by atoms with E-state index < -0.39 is 51.8 Å². The van der Waals surface area contributed by atoms with Gasteiger partial charge in [-0.3, -0.25) is 14.4 Å². The van der Waals surface area contributed by atoms with Crippen LogP contribution in [-0.4, -0.2) is 83.8 Å². The zero-order valence-corrected chi connectivity index (χ0v) is 21.6. The predicted molar refractivity (Wildman–Crippen MR) is 104 cm³/mol. The monoisotopic (exact) mass is 539 g/mol. The Morgan fingerprint density at radius 2 is 1.97 bits per heavy atom. The summed E-state index contributed by atoms with van der Waals surface area (Å²) in [5.41, 5.74) is -0.833. The maximum Gasteiger partial charge on any atom is 1.00 e. The zero-order valence-electron chi connectivity index (χ0n) is 16.5. The summed E-state index contributed by atoms with van der Waals surface area (Å²) in [6, 6.07) is -3.67. The van der Waals surface area contributed by atoms with Gasteiger partial charge in [0, 0.05) is 0 Å². The third-order valence-electron chi connectivity index (χ3n) is 3.60. The first-order valence-electron chi connectivity index (χ1n) is 7.77. The number of carbonyl (C=O) groups is 4. The van der Waals surface area contributed by atoms with Crippen molar-refractivity contribution in [2.75, 3.05) is 25.4 Å². The van der Waals surface area contributed by atoms with Gasteiger partial charge in [0.05, 0.1) is 7.11 Å². The number of β-lactam (4-membered cyclic amide) rings is 1. The fraction of sp³-hybridized carbons (Fsp3) is 0.385. The molecule has 19 heteroatoms. The topological polar surface area (TPSA) is 196 Å². The van der Waals surface area contributed by atoms with E-state index in [1.54, 1.807) is 0 Å². The molecule has 0 spiro atoms. The van der Waals surface area contributed by atoms with E-state index in [1.165, 1.54) is 0 Å². The number of halogens is 2. The minimum Gasteiger partial charge on any atom is -0.731 e. The molecule has 0 unspecified atom stereocenters. The number of oxime groups is 1. The van der Waals surface area contributed by atoms with Crippen molar-refractivity contribution >= 4 is 79.4 Å². The number of ether oxygens (including phenoxy) is 1. The van der Waals surface area contributed by atoms with Crippen LogP contribution in [0.5, 0.6) is 0 Å². The van der Waals surface area contributed by atoms with Gasteiger partial charge >= 0.3 is 35.5 Å². The van der Waals surface area contributed by atoms with E-state index >= 15 is 0 Å². The minimum atomic E-state index is -5.34. The average molecular weight is 540 g/mol. The number of rotatable bonds is 8. The summed E-state index contributed by atoms with van der Waals surface area (Å²) in [7, 11) is -3.37. The Balaban J connectivity index is 0.00000512. The Bertz CT molecular complexity index is 1060. The molecule has 2 heterocycles. The molecule has 0 radical (unpaired) electrons. The number of amides is 3. The number of hydrogen-bond acceptors (Lipinski definition) is 12. The normalized spacial score (nSPS) is 18.2. The van der Waals surface area contributed by atoms with Crippen molar-refractivity contribution in [2.24, 2.45) is 5.16 Å². The van der Waals surface area contributed by atoms with Crippen LogP contribution in [0.2, 0.25) is 4.34 Å². The number of nitrogens with zero attached hydrogens (tertiary/aromatic N) is 3. The van der Waals surface area contributed by atoms with Gasteiger partial charge in [0.2, 0.25) is 5.91 Å². The number of nitrogens with one attached hydrogen (secondary N) is 2. The SMILES string of the molecule is CON=C(C(=O)N[C@H]1C(=O)N(S(=O)(=O)[O-])[C@H]1C(=O)OC)c1nc(NC(=O)CCl)sc1Cl.[Na+]. The van der Waals surface area contributed by atoms with Crippen LogP contribution in [0, 0.1) is 0 Å². The van der Waals surface area contributed by atoms with Crippen molar-refractivity contribution in [3.05, 3.63) is 10.0 Å². The Hall–Kier alpha value is -1.53. The fourth-order valence-corrected chi connectivity index (χ4v) is 4.30. The number of aromatic nitrogens is 1. The van der Waals surface area contributed by atoms with E-state index in [0.717, 1.165) is 25.6 Å². The predicted octanol–water partition coefficient (Wildman–Crippen LogP) is -4.34. The standard InChI is InChI=1S/C13H13Cl2N5O9S2.Na/c1-28-12(24)8-7(11(23)20(8)31(25,26)27)17-10(22)6(19-29-2)5-9(15)30-13(18-5)16-4(21)3-14;/h7-8H,3H2,1-2H3,(H,17,22)(H,16,18,21)(H,25,26,27);/q;+1/p-1/t7-,8-;/m1./s1. The first kappa shape index (κ1) is 28.5. The molecule has 1 aromatic heterocycles. The van der Waals surface area contributed by atoms with E-state index in [9.17, 15) is 32.1 Å². The molecule has 32 heavy (non-hydrogen) atoms. The number of thiazole rings is 1. The molecule has 1 aromatic rings. The molecule has 170 valence electrons. The Kier molecular flexibility index (Phi) is 10.3. The van der Waals surface area contributed by atoms with Crippen molar-refractivity contribution in [1.82, 2.24) is 14.6 Å². The van der Waals surface area contributed by atoms with Crippen LogP contribution in [0.4, 0.5) is 5.13 Å². The average Bonchev–Trinajstić information content (AvgIpc) is 3.05. The first-order chi connectivity index (χ1) is 14.5. The van der Waals surface area contributed by atoms with Crippen LogP contribution < -0.4 is 40.2 Å². The summed E-state index contributed by atoms with van der Waals surface area (Å²) >= 11 is 12.2. The smallest absolute Gasteiger partial charge is 0.731 e. The zero-order chi connectivity index (χ0) is 23.5. The number of hydrogen-bond donors (Lipinski definition) is 2. The van der Waals surface area contributed by atoms with Crippen LogP contribution in [-0.2, 0) is 39.1 Å². The van der Waals surface area contributed by atoms with Gasteiger partial charge in [-0.05, 0) is 0 Å². The largest absolute Gasteiger partial charge is 1.00 e. The van der Waals surface area contributed by atoms with E-state index in [2.05, 4.69) is 30.3 Å². The number of anilines is 1. The molecule has 0 saturated carbocycles. The molecule has 2 rings (SSSR count). The van der Waals surface area contributed by atoms with Crippen molar-refractivity contribution < 1.29 is 71.3 Å². The number of esters is 1. The summed E-state index contributed by atoms with van der Waals surface area (Å²) in [6.45, 7) is 0. The third-order valence-corrected chi connectivity index (χ3v) is 5.90. The molecular weight excluding hydrogens is 528 g/mol. The molecule has 14 nitrogen and oxygen atoms in total. The van der Waals surface area contributed by atoms with E-state index in [-0.39, 0.29) is 54.9 Å². The maximum absolute atomic E-state index is 12.7. The second-order valence-corrected chi connectivity index (χ2v) is 8.57. The van der Waals surface area contributed by atoms with Crippen molar-refractivity contribution in [3.8, 4) is 0 Å². The van der Waals surface area contributed by atoms with Crippen molar-refractivity contribution in [1.29, 1.82) is 0 Å². The van der Waals surface area contributed by atoms with Gasteiger partial charge in [0.25, 0.3) is 11.8 Å². The molecule has 2 atom stereocenters. The van der Waals surface area contributed by atoms with Gasteiger partial charge in [0.15, 0.2) is 27.2 Å². The first-order valence-corrected chi connectivity index (χ1v) is 10.9. The molecule has 0 aliphatic carbocycles. The Labute approximate surface area is 216 Å². The molecule has 1 aliphatic rings. The fourth-order valence-electron chi connectivity index (χ4n) is 2.35. The van der Waals surface area contributed by atoms with E-state index in [0.29, 0.717) is 0 Å². The van der Waals surface area contributed by atoms with Gasteiger partial charge < -0.3 is 24.8 Å². The van der Waals surface area contributed by atoms with Crippen molar-refractivity contribution in [2.45, 2.75) is 12.1 Å². The Morgan fingerprint density at radius 1 is 1.34 bits per heavy atom. The van der Waals surface area contributed by atoms with Crippen LogP contribution in [0.15, 0.2) is 5.16 Å². The number of alkyl halides is 1. The van der Waals surface area contributed by atoms with Gasteiger partial charge in [-0.25, -0.2) is 22.5 Å². The second-order valence-electron chi connectivity index (χ2n) is 5.46. The summed E-state index contributed by atoms with van der Waals surface area (Å²) in [5, 5.41) is 7.81. The van der Waals surface area contributed by atoms with Gasteiger partial charge in [-0.1, -0.05) is 28.1 Å².